The molecule has 0 heterocycles. The molecule has 0 amide bonds. The molecule has 0 radical (unpaired) electrons. The normalized spacial score (nSPS) is 9.81. The first-order chi connectivity index (χ1) is 9.70. The summed E-state index contributed by atoms with van der Waals surface area (Å²) in [5.74, 6) is -14.0. The fraction of sp³-hybridized carbons (Fsp3) is 0.333. The van der Waals surface area contributed by atoms with Crippen molar-refractivity contribution < 1.29 is 43.1 Å². The van der Waals surface area contributed by atoms with E-state index in [1.54, 1.807) is 0 Å². The Balaban J connectivity index is 0.000000690. The number of aromatic carboxylic acids is 2. The molecule has 1 aromatic carbocycles. The largest absolute Gasteiger partial charge is 0.545 e. The zero-order valence-corrected chi connectivity index (χ0v) is 11.0. The maximum absolute atomic E-state index is 12.9. The van der Waals surface area contributed by atoms with Crippen LogP contribution in [0.5, 0.6) is 0 Å². The van der Waals surface area contributed by atoms with Crippen LogP contribution in [0.4, 0.5) is 17.6 Å². The summed E-state index contributed by atoms with van der Waals surface area (Å²) in [6.07, 6.45) is 2.56. The van der Waals surface area contributed by atoms with E-state index >= 15 is 0 Å². The van der Waals surface area contributed by atoms with Gasteiger partial charge in [-0.2, -0.15) is 0 Å². The van der Waals surface area contributed by atoms with Crippen molar-refractivity contribution in [2.75, 3.05) is 6.54 Å². The molecule has 0 saturated heterocycles. The summed E-state index contributed by atoms with van der Waals surface area (Å²) in [6, 6.07) is 0. The Labute approximate surface area is 117 Å². The summed E-state index contributed by atoms with van der Waals surface area (Å²) < 4.78 is 51.4. The van der Waals surface area contributed by atoms with Gasteiger partial charge in [0.05, 0.1) is 18.1 Å². The van der Waals surface area contributed by atoms with Crippen molar-refractivity contribution >= 4 is 11.9 Å². The highest BCUT2D eigenvalue weighted by molar-refractivity contribution is 5.92. The highest BCUT2D eigenvalue weighted by Crippen LogP contribution is 2.23. The number of unbranched alkanes of at least 4 members (excludes halogenated alkanes) is 1. The number of carbonyl (C=O) groups is 2. The summed E-state index contributed by atoms with van der Waals surface area (Å²) >= 11 is 0. The van der Waals surface area contributed by atoms with Gasteiger partial charge in [0.2, 0.25) is 0 Å². The second-order valence-electron chi connectivity index (χ2n) is 3.81. The number of rotatable bonds is 4. The fourth-order valence-corrected chi connectivity index (χ4v) is 1.25. The predicted molar refractivity (Wildman–Crippen MR) is 60.2 cm³/mol. The summed E-state index contributed by atoms with van der Waals surface area (Å²) in [7, 11) is 0. The molecule has 0 unspecified atom stereocenters. The Hall–Kier alpha value is -2.16. The average Bonchev–Trinajstić information content (AvgIpc) is 2.38. The van der Waals surface area contributed by atoms with Crippen molar-refractivity contribution in [3.63, 3.8) is 0 Å². The van der Waals surface area contributed by atoms with E-state index in [-0.39, 0.29) is 0 Å². The summed E-state index contributed by atoms with van der Waals surface area (Å²) in [6.45, 7) is 3.27. The highest BCUT2D eigenvalue weighted by atomic mass is 19.2. The van der Waals surface area contributed by atoms with E-state index in [1.165, 1.54) is 12.8 Å². The molecule has 1 aromatic rings. The molecule has 21 heavy (non-hydrogen) atoms. The number of carboxylic acid groups (broad SMARTS) is 2. The Morgan fingerprint density at radius 2 is 1.43 bits per heavy atom. The molecule has 4 N–H and O–H groups in total. The first-order valence-electron chi connectivity index (χ1n) is 5.80. The molecule has 0 atom stereocenters. The number of carboxylic acids is 2. The Kier molecular flexibility index (Phi) is 7.36. The van der Waals surface area contributed by atoms with Crippen LogP contribution in [0.15, 0.2) is 0 Å². The zero-order chi connectivity index (χ0) is 16.7. The van der Waals surface area contributed by atoms with E-state index in [0.29, 0.717) is 0 Å². The van der Waals surface area contributed by atoms with E-state index in [9.17, 15) is 32.3 Å². The first-order valence-corrected chi connectivity index (χ1v) is 5.80. The van der Waals surface area contributed by atoms with Crippen LogP contribution in [0, 0.1) is 23.3 Å². The molecule has 9 heteroatoms. The molecular weight excluding hydrogens is 298 g/mol. The van der Waals surface area contributed by atoms with E-state index in [2.05, 4.69) is 12.7 Å². The van der Waals surface area contributed by atoms with Gasteiger partial charge in [-0.15, -0.1) is 0 Å². The second kappa shape index (κ2) is 8.20. The van der Waals surface area contributed by atoms with Crippen LogP contribution in [0.2, 0.25) is 0 Å². The van der Waals surface area contributed by atoms with Gasteiger partial charge in [0.15, 0.2) is 23.3 Å². The number of quaternary nitrogens is 1. The van der Waals surface area contributed by atoms with Gasteiger partial charge >= 0.3 is 5.97 Å². The summed E-state index contributed by atoms with van der Waals surface area (Å²) in [4.78, 5) is 20.4. The lowest BCUT2D eigenvalue weighted by Gasteiger charge is -2.09. The fourth-order valence-electron chi connectivity index (χ4n) is 1.25. The second-order valence-corrected chi connectivity index (χ2v) is 3.81. The van der Waals surface area contributed by atoms with Gasteiger partial charge in [0.25, 0.3) is 0 Å². The number of benzene rings is 1. The monoisotopic (exact) mass is 311 g/mol. The topological polar surface area (TPSA) is 105 Å². The van der Waals surface area contributed by atoms with Crippen molar-refractivity contribution in [3.8, 4) is 0 Å². The molecule has 0 bridgehead atoms. The van der Waals surface area contributed by atoms with Crippen LogP contribution in [-0.4, -0.2) is 23.6 Å². The van der Waals surface area contributed by atoms with Gasteiger partial charge in [-0.05, 0) is 6.42 Å². The molecule has 0 aliphatic rings. The van der Waals surface area contributed by atoms with Crippen molar-refractivity contribution in [1.82, 2.24) is 0 Å². The van der Waals surface area contributed by atoms with Gasteiger partial charge in [-0.3, -0.25) is 0 Å². The van der Waals surface area contributed by atoms with Crippen molar-refractivity contribution in [1.29, 1.82) is 0 Å². The Morgan fingerprint density at radius 1 is 1.05 bits per heavy atom. The van der Waals surface area contributed by atoms with Crippen molar-refractivity contribution in [2.45, 2.75) is 19.8 Å². The van der Waals surface area contributed by atoms with Gasteiger partial charge < -0.3 is 20.7 Å². The van der Waals surface area contributed by atoms with Crippen LogP contribution < -0.4 is 10.8 Å². The van der Waals surface area contributed by atoms with Gasteiger partial charge in [0, 0.05) is 0 Å². The van der Waals surface area contributed by atoms with Crippen LogP contribution in [0.1, 0.15) is 40.5 Å². The standard InChI is InChI=1S/C8H2F4O4.C4H11N/c9-3-1(7(13)14)4(10)6(12)2(5(3)11)8(15)16;1-2-3-4-5/h(H,13,14)(H,15,16);2-5H2,1H3. The lowest BCUT2D eigenvalue weighted by Crippen LogP contribution is -2.49. The molecule has 0 aromatic heterocycles. The number of halogens is 4. The van der Waals surface area contributed by atoms with E-state index < -0.39 is 46.3 Å². The molecule has 0 fully saturated rings. The number of carbonyl (C=O) groups excluding carboxylic acids is 1. The Bertz CT molecular complexity index is 473. The number of hydrogen-bond donors (Lipinski definition) is 2. The highest BCUT2D eigenvalue weighted by Gasteiger charge is 2.29. The lowest BCUT2D eigenvalue weighted by molar-refractivity contribution is -0.368. The molecule has 1 rings (SSSR count). The molecule has 5 nitrogen and oxygen atoms in total. The minimum absolute atomic E-state index is 1.09. The smallest absolute Gasteiger partial charge is 0.341 e. The maximum Gasteiger partial charge on any atom is 0.341 e. The SMILES string of the molecule is CCCC[NH3+].O=C([O-])c1c(F)c(F)c(C(=O)O)c(F)c1F. The molecule has 0 saturated carbocycles. The summed E-state index contributed by atoms with van der Waals surface area (Å²) in [5, 5.41) is 18.4. The van der Waals surface area contributed by atoms with Crippen LogP contribution in [0.3, 0.4) is 0 Å². The molecule has 0 aliphatic carbocycles. The molecular formula is C12H13F4NO4. The van der Waals surface area contributed by atoms with Crippen LogP contribution in [0.25, 0.3) is 0 Å². The lowest BCUT2D eigenvalue weighted by atomic mass is 10.1. The Morgan fingerprint density at radius 3 is 1.62 bits per heavy atom. The van der Waals surface area contributed by atoms with Crippen LogP contribution >= 0.6 is 0 Å². The minimum atomic E-state index is -2.50. The van der Waals surface area contributed by atoms with E-state index in [0.717, 1.165) is 6.54 Å². The third-order valence-electron chi connectivity index (χ3n) is 2.28. The third-order valence-corrected chi connectivity index (χ3v) is 2.28. The maximum atomic E-state index is 12.9. The first kappa shape index (κ1) is 18.8. The van der Waals surface area contributed by atoms with Gasteiger partial charge in [0.1, 0.15) is 5.56 Å². The third kappa shape index (κ3) is 4.42. The molecule has 0 aliphatic heterocycles. The zero-order valence-electron chi connectivity index (χ0n) is 11.0. The van der Waals surface area contributed by atoms with Gasteiger partial charge in [-0.1, -0.05) is 13.3 Å². The van der Waals surface area contributed by atoms with Gasteiger partial charge in [-0.25, -0.2) is 22.4 Å². The van der Waals surface area contributed by atoms with Crippen LogP contribution in [-0.2, 0) is 0 Å². The average molecular weight is 311 g/mol. The summed E-state index contributed by atoms with van der Waals surface area (Å²) in [5.41, 5.74) is -0.213. The minimum Gasteiger partial charge on any atom is -0.545 e. The molecule has 118 valence electrons. The predicted octanol–water partition coefficient (Wildman–Crippen LogP) is 0.333. The van der Waals surface area contributed by atoms with Crippen molar-refractivity contribution in [2.24, 2.45) is 0 Å². The van der Waals surface area contributed by atoms with E-state index in [4.69, 9.17) is 5.11 Å². The quantitative estimate of drug-likeness (QED) is 0.617. The number of hydrogen-bond acceptors (Lipinski definition) is 3. The molecule has 0 spiro atoms. The van der Waals surface area contributed by atoms with E-state index in [1.807, 2.05) is 0 Å². The van der Waals surface area contributed by atoms with Crippen molar-refractivity contribution in [3.05, 3.63) is 34.4 Å².